The van der Waals surface area contributed by atoms with E-state index in [0.717, 1.165) is 15.4 Å². The topological polar surface area (TPSA) is 71.7 Å². The molecular weight excluding hydrogens is 416 g/mol. The van der Waals surface area contributed by atoms with Gasteiger partial charge < -0.3 is 9.73 Å². The Bertz CT molecular complexity index is 1130. The number of benzene rings is 2. The van der Waals surface area contributed by atoms with Crippen molar-refractivity contribution in [2.75, 3.05) is 0 Å². The summed E-state index contributed by atoms with van der Waals surface area (Å²) in [7, 11) is 0. The Labute approximate surface area is 160 Å². The molecule has 0 bridgehead atoms. The normalized spacial score (nSPS) is 17.2. The molecule has 5 nitrogen and oxygen atoms in total. The van der Waals surface area contributed by atoms with Gasteiger partial charge in [0.05, 0.1) is 10.6 Å². The molecule has 7 heteroatoms. The maximum absolute atomic E-state index is 12.2. The van der Waals surface area contributed by atoms with Crippen LogP contribution in [0.5, 0.6) is 0 Å². The Morgan fingerprint density at radius 2 is 1.85 bits per heavy atom. The molecule has 1 amide bonds. The van der Waals surface area contributed by atoms with Crippen LogP contribution in [0.15, 0.2) is 78.2 Å². The minimum absolute atomic E-state index is 0.177. The van der Waals surface area contributed by atoms with Gasteiger partial charge in [-0.1, -0.05) is 28.1 Å². The Hall–Kier alpha value is -2.64. The number of amidine groups is 1. The summed E-state index contributed by atoms with van der Waals surface area (Å²) in [5, 5.41) is 4.04. The molecule has 4 rings (SSSR count). The van der Waals surface area contributed by atoms with Gasteiger partial charge in [-0.25, -0.2) is 9.79 Å². The fourth-order valence-corrected chi connectivity index (χ4v) is 3.54. The lowest BCUT2D eigenvalue weighted by atomic mass is 10.2. The first-order valence-corrected chi connectivity index (χ1v) is 9.27. The maximum Gasteiger partial charge on any atom is 0.336 e. The Morgan fingerprint density at radius 3 is 2.65 bits per heavy atom. The Morgan fingerprint density at radius 1 is 1.04 bits per heavy atom. The molecule has 1 N–H and O–H groups in total. The highest BCUT2D eigenvalue weighted by Crippen LogP contribution is 2.29. The van der Waals surface area contributed by atoms with E-state index in [4.69, 9.17) is 4.42 Å². The van der Waals surface area contributed by atoms with E-state index in [9.17, 15) is 9.59 Å². The van der Waals surface area contributed by atoms with E-state index in [0.29, 0.717) is 21.3 Å². The number of nitrogens with zero attached hydrogens (tertiary/aromatic N) is 1. The van der Waals surface area contributed by atoms with E-state index in [1.54, 1.807) is 24.3 Å². The van der Waals surface area contributed by atoms with E-state index >= 15 is 0 Å². The number of amides is 1. The van der Waals surface area contributed by atoms with E-state index in [-0.39, 0.29) is 5.91 Å². The highest BCUT2D eigenvalue weighted by Gasteiger charge is 2.23. The number of halogens is 1. The molecule has 1 fully saturated rings. The van der Waals surface area contributed by atoms with Crippen LogP contribution in [0.25, 0.3) is 17.0 Å². The lowest BCUT2D eigenvalue weighted by molar-refractivity contribution is -0.115. The summed E-state index contributed by atoms with van der Waals surface area (Å²) in [4.78, 5) is 28.4. The quantitative estimate of drug-likeness (QED) is 0.485. The zero-order valence-electron chi connectivity index (χ0n) is 13.2. The monoisotopic (exact) mass is 426 g/mol. The first-order chi connectivity index (χ1) is 12.6. The molecule has 0 spiro atoms. The van der Waals surface area contributed by atoms with E-state index in [1.807, 2.05) is 30.3 Å². The van der Waals surface area contributed by atoms with Crippen LogP contribution < -0.4 is 10.9 Å². The number of thioether (sulfide) groups is 1. The van der Waals surface area contributed by atoms with Gasteiger partial charge in [0, 0.05) is 15.9 Å². The third kappa shape index (κ3) is 3.63. The summed E-state index contributed by atoms with van der Waals surface area (Å²) in [6, 6.07) is 16.0. The highest BCUT2D eigenvalue weighted by molar-refractivity contribution is 9.10. The van der Waals surface area contributed by atoms with Crippen molar-refractivity contribution >= 4 is 61.5 Å². The van der Waals surface area contributed by atoms with Crippen LogP contribution in [0.4, 0.5) is 5.69 Å². The second kappa shape index (κ2) is 6.93. The van der Waals surface area contributed by atoms with Gasteiger partial charge in [0.15, 0.2) is 5.17 Å². The number of fused-ring (bicyclic) bond motifs is 1. The lowest BCUT2D eigenvalue weighted by Crippen LogP contribution is -2.19. The number of carbonyl (C=O) groups is 1. The Balaban J connectivity index is 1.60. The molecule has 1 saturated heterocycles. The summed E-state index contributed by atoms with van der Waals surface area (Å²) in [5.74, 6) is -0.177. The number of hydrogen-bond donors (Lipinski definition) is 1. The molecule has 3 aromatic rings. The molecule has 0 radical (unpaired) electrons. The first kappa shape index (κ1) is 16.8. The lowest BCUT2D eigenvalue weighted by Gasteiger charge is -1.99. The van der Waals surface area contributed by atoms with Crippen LogP contribution in [0.1, 0.15) is 5.56 Å². The largest absolute Gasteiger partial charge is 0.423 e. The second-order valence-electron chi connectivity index (χ2n) is 5.51. The van der Waals surface area contributed by atoms with Gasteiger partial charge in [-0.15, -0.1) is 0 Å². The fraction of sp³-hybridized carbons (Fsp3) is 0. The summed E-state index contributed by atoms with van der Waals surface area (Å²) < 4.78 is 6.09. The van der Waals surface area contributed by atoms with Crippen molar-refractivity contribution in [3.05, 3.63) is 80.0 Å². The van der Waals surface area contributed by atoms with Gasteiger partial charge in [-0.2, -0.15) is 0 Å². The molecule has 0 saturated carbocycles. The summed E-state index contributed by atoms with van der Waals surface area (Å²) >= 11 is 4.68. The van der Waals surface area contributed by atoms with Gasteiger partial charge in [-0.05, 0) is 59.8 Å². The molecule has 1 aliphatic heterocycles. The number of rotatable bonds is 2. The van der Waals surface area contributed by atoms with Gasteiger partial charge in [0.1, 0.15) is 5.58 Å². The van der Waals surface area contributed by atoms with E-state index < -0.39 is 5.63 Å². The van der Waals surface area contributed by atoms with Crippen LogP contribution in [0.2, 0.25) is 0 Å². The smallest absolute Gasteiger partial charge is 0.336 e. The molecule has 0 aliphatic carbocycles. The van der Waals surface area contributed by atoms with Gasteiger partial charge in [0.2, 0.25) is 0 Å². The average molecular weight is 427 g/mol. The van der Waals surface area contributed by atoms with Crippen LogP contribution >= 0.6 is 27.7 Å². The second-order valence-corrected chi connectivity index (χ2v) is 7.46. The molecule has 1 aromatic heterocycles. The minimum atomic E-state index is -0.391. The fourth-order valence-electron chi connectivity index (χ4n) is 2.44. The number of hydrogen-bond acceptors (Lipinski definition) is 5. The predicted octanol–water partition coefficient (Wildman–Crippen LogP) is 4.45. The van der Waals surface area contributed by atoms with Crippen molar-refractivity contribution in [2.24, 2.45) is 4.99 Å². The zero-order chi connectivity index (χ0) is 18.1. The SMILES string of the molecule is O=C1NC(=Nc2ccc3oc(=O)ccc3c2)S/C1=C/c1ccc(Br)cc1. The molecule has 0 atom stereocenters. The van der Waals surface area contributed by atoms with Crippen molar-refractivity contribution in [3.8, 4) is 0 Å². The summed E-state index contributed by atoms with van der Waals surface area (Å²) in [6.07, 6.45) is 1.82. The number of aliphatic imine (C=N–C) groups is 1. The van der Waals surface area contributed by atoms with Crippen LogP contribution in [-0.4, -0.2) is 11.1 Å². The zero-order valence-corrected chi connectivity index (χ0v) is 15.6. The third-order valence-electron chi connectivity index (χ3n) is 3.65. The molecular formula is C19H11BrN2O3S. The average Bonchev–Trinajstić information content (AvgIpc) is 2.96. The molecule has 2 aromatic carbocycles. The van der Waals surface area contributed by atoms with E-state index in [1.165, 1.54) is 17.8 Å². The highest BCUT2D eigenvalue weighted by atomic mass is 79.9. The molecule has 2 heterocycles. The molecule has 26 heavy (non-hydrogen) atoms. The van der Waals surface area contributed by atoms with Crippen molar-refractivity contribution in [1.29, 1.82) is 0 Å². The van der Waals surface area contributed by atoms with Gasteiger partial charge in [0.25, 0.3) is 5.91 Å². The maximum atomic E-state index is 12.2. The van der Waals surface area contributed by atoms with Crippen molar-refractivity contribution in [1.82, 2.24) is 5.32 Å². The van der Waals surface area contributed by atoms with Gasteiger partial charge >= 0.3 is 5.63 Å². The minimum Gasteiger partial charge on any atom is -0.423 e. The first-order valence-electron chi connectivity index (χ1n) is 7.66. The van der Waals surface area contributed by atoms with Crippen molar-refractivity contribution < 1.29 is 9.21 Å². The molecule has 128 valence electrons. The molecule has 0 unspecified atom stereocenters. The third-order valence-corrected chi connectivity index (χ3v) is 5.09. The Kier molecular flexibility index (Phi) is 4.48. The van der Waals surface area contributed by atoms with E-state index in [2.05, 4.69) is 26.2 Å². The van der Waals surface area contributed by atoms with Crippen LogP contribution in [0.3, 0.4) is 0 Å². The van der Waals surface area contributed by atoms with Gasteiger partial charge in [-0.3, -0.25) is 4.79 Å². The van der Waals surface area contributed by atoms with Crippen LogP contribution in [0, 0.1) is 0 Å². The van der Waals surface area contributed by atoms with Crippen molar-refractivity contribution in [3.63, 3.8) is 0 Å². The number of nitrogens with one attached hydrogen (secondary N) is 1. The standard InChI is InChI=1S/C19H11BrN2O3S/c20-13-4-1-11(2-5-13)9-16-18(24)22-19(26-16)21-14-6-7-15-12(10-14)3-8-17(23)25-15/h1-10H,(H,21,22,24)/b16-9+. The summed E-state index contributed by atoms with van der Waals surface area (Å²) in [5.41, 5.74) is 1.71. The molecule has 1 aliphatic rings. The predicted molar refractivity (Wildman–Crippen MR) is 107 cm³/mol. The number of carbonyl (C=O) groups excluding carboxylic acids is 1. The van der Waals surface area contributed by atoms with Crippen LogP contribution in [-0.2, 0) is 4.79 Å². The summed E-state index contributed by atoms with van der Waals surface area (Å²) in [6.45, 7) is 0. The van der Waals surface area contributed by atoms with Crippen molar-refractivity contribution in [2.45, 2.75) is 0 Å².